The number of likely N-dealkylation sites (N-methyl/N-ethyl adjacent to an activating group) is 1. The number of nitrogens with one attached hydrogen (secondary N) is 1. The second-order valence-corrected chi connectivity index (χ2v) is 3.32. The van der Waals surface area contributed by atoms with Crippen molar-refractivity contribution in [3.8, 4) is 0 Å². The normalized spacial score (nSPS) is 12.4. The summed E-state index contributed by atoms with van der Waals surface area (Å²) in [5.41, 5.74) is 1.25. The Bertz CT molecular complexity index is 308. The fraction of sp³-hybridized carbons (Fsp3) is 0.400. The van der Waals surface area contributed by atoms with Crippen molar-refractivity contribution >= 4 is 5.69 Å². The van der Waals surface area contributed by atoms with Gasteiger partial charge in [0.2, 0.25) is 0 Å². The number of rotatable bonds is 4. The highest BCUT2D eigenvalue weighted by molar-refractivity contribution is 5.33. The molecule has 14 heavy (non-hydrogen) atoms. The van der Waals surface area contributed by atoms with Crippen LogP contribution in [-0.4, -0.2) is 18.0 Å². The molecular weight excluding hydrogens is 180 g/mol. The van der Waals surface area contributed by atoms with Crippen LogP contribution in [-0.2, 0) is 6.42 Å². The van der Waals surface area contributed by atoms with Gasteiger partial charge in [-0.25, -0.2) is 0 Å². The molecule has 0 saturated heterocycles. The molecule has 1 aromatic carbocycles. The highest BCUT2D eigenvalue weighted by Gasteiger charge is 2.05. The molecule has 0 aliphatic heterocycles. The minimum absolute atomic E-state index is 0.144. The van der Waals surface area contributed by atoms with Crippen LogP contribution in [0.1, 0.15) is 12.5 Å². The van der Waals surface area contributed by atoms with Crippen LogP contribution in [0.15, 0.2) is 24.3 Å². The molecule has 0 amide bonds. The number of hydrogen-bond acceptors (Lipinski definition) is 3. The first-order valence-corrected chi connectivity index (χ1v) is 4.54. The zero-order valence-electron chi connectivity index (χ0n) is 8.36. The van der Waals surface area contributed by atoms with Gasteiger partial charge in [0.25, 0.3) is 5.69 Å². The van der Waals surface area contributed by atoms with Crippen LogP contribution in [0.25, 0.3) is 0 Å². The Kier molecular flexibility index (Phi) is 3.59. The molecule has 4 nitrogen and oxygen atoms in total. The molecule has 0 unspecified atom stereocenters. The Morgan fingerprint density at radius 3 is 2.43 bits per heavy atom. The van der Waals surface area contributed by atoms with Crippen molar-refractivity contribution in [3.63, 3.8) is 0 Å². The Balaban J connectivity index is 2.68. The van der Waals surface area contributed by atoms with Gasteiger partial charge in [0, 0.05) is 18.2 Å². The predicted molar refractivity (Wildman–Crippen MR) is 55.3 cm³/mol. The summed E-state index contributed by atoms with van der Waals surface area (Å²) in [6, 6.07) is 7.06. The van der Waals surface area contributed by atoms with E-state index in [2.05, 4.69) is 12.2 Å². The lowest BCUT2D eigenvalue weighted by Gasteiger charge is -2.09. The maximum absolute atomic E-state index is 10.4. The van der Waals surface area contributed by atoms with Crippen LogP contribution in [0.5, 0.6) is 0 Å². The van der Waals surface area contributed by atoms with Gasteiger partial charge in [-0.2, -0.15) is 0 Å². The molecule has 0 fully saturated rings. The van der Waals surface area contributed by atoms with E-state index in [0.717, 1.165) is 12.0 Å². The molecule has 0 radical (unpaired) electrons. The lowest BCUT2D eigenvalue weighted by Crippen LogP contribution is -2.23. The van der Waals surface area contributed by atoms with E-state index in [0.29, 0.717) is 6.04 Å². The molecule has 0 aliphatic rings. The number of nitrogens with zero attached hydrogens (tertiary/aromatic N) is 1. The predicted octanol–water partition coefficient (Wildman–Crippen LogP) is 1.75. The van der Waals surface area contributed by atoms with E-state index in [1.165, 1.54) is 12.1 Å². The Morgan fingerprint density at radius 1 is 1.43 bits per heavy atom. The number of nitro groups is 1. The molecule has 0 aliphatic carbocycles. The maximum Gasteiger partial charge on any atom is 0.269 e. The largest absolute Gasteiger partial charge is 0.317 e. The van der Waals surface area contributed by atoms with Crippen LogP contribution in [0.2, 0.25) is 0 Å². The molecule has 0 saturated carbocycles. The molecule has 1 aromatic rings. The van der Waals surface area contributed by atoms with Crippen molar-refractivity contribution in [1.29, 1.82) is 0 Å². The summed E-state index contributed by atoms with van der Waals surface area (Å²) in [6.07, 6.45) is 0.883. The third-order valence-electron chi connectivity index (χ3n) is 2.18. The quantitative estimate of drug-likeness (QED) is 0.586. The smallest absolute Gasteiger partial charge is 0.269 e. The Hall–Kier alpha value is -1.42. The van der Waals surface area contributed by atoms with Gasteiger partial charge < -0.3 is 5.32 Å². The lowest BCUT2D eigenvalue weighted by molar-refractivity contribution is -0.384. The average molecular weight is 194 g/mol. The zero-order chi connectivity index (χ0) is 10.6. The lowest BCUT2D eigenvalue weighted by atomic mass is 10.1. The first-order valence-electron chi connectivity index (χ1n) is 4.54. The number of nitro benzene ring substituents is 1. The second-order valence-electron chi connectivity index (χ2n) is 3.32. The number of hydrogen-bond donors (Lipinski definition) is 1. The molecule has 0 aromatic heterocycles. The number of benzene rings is 1. The summed E-state index contributed by atoms with van der Waals surface area (Å²) in [7, 11) is 1.90. The van der Waals surface area contributed by atoms with Gasteiger partial charge >= 0.3 is 0 Å². The molecular formula is C10H14N2O2. The molecule has 1 rings (SSSR count). The van der Waals surface area contributed by atoms with Crippen LogP contribution in [0.3, 0.4) is 0 Å². The molecule has 0 spiro atoms. The van der Waals surface area contributed by atoms with Crippen molar-refractivity contribution in [2.45, 2.75) is 19.4 Å². The van der Waals surface area contributed by atoms with Crippen LogP contribution in [0.4, 0.5) is 5.69 Å². The van der Waals surface area contributed by atoms with E-state index in [1.807, 2.05) is 7.05 Å². The molecule has 0 heterocycles. The van der Waals surface area contributed by atoms with Crippen LogP contribution >= 0.6 is 0 Å². The van der Waals surface area contributed by atoms with Crippen molar-refractivity contribution in [2.75, 3.05) is 7.05 Å². The first kappa shape index (κ1) is 10.7. The molecule has 1 atom stereocenters. The van der Waals surface area contributed by atoms with Crippen molar-refractivity contribution in [3.05, 3.63) is 39.9 Å². The fourth-order valence-corrected chi connectivity index (χ4v) is 1.21. The number of non-ortho nitro benzene ring substituents is 1. The maximum atomic E-state index is 10.4. The van der Waals surface area contributed by atoms with Gasteiger partial charge in [-0.3, -0.25) is 10.1 Å². The van der Waals surface area contributed by atoms with E-state index in [4.69, 9.17) is 0 Å². The van der Waals surface area contributed by atoms with Crippen molar-refractivity contribution < 1.29 is 4.92 Å². The van der Waals surface area contributed by atoms with Crippen LogP contribution in [0, 0.1) is 10.1 Å². The van der Waals surface area contributed by atoms with Gasteiger partial charge in [-0.05, 0) is 26.0 Å². The fourth-order valence-electron chi connectivity index (χ4n) is 1.21. The first-order chi connectivity index (χ1) is 6.63. The Morgan fingerprint density at radius 2 is 2.00 bits per heavy atom. The van der Waals surface area contributed by atoms with E-state index in [1.54, 1.807) is 12.1 Å². The minimum Gasteiger partial charge on any atom is -0.317 e. The molecule has 0 bridgehead atoms. The molecule has 76 valence electrons. The standard InChI is InChI=1S/C10H14N2O2/c1-8(11-2)7-9-3-5-10(6-4-9)12(13)14/h3-6,8,11H,7H2,1-2H3/t8-/m1/s1. The summed E-state index contributed by atoms with van der Waals surface area (Å²) < 4.78 is 0. The third-order valence-corrected chi connectivity index (χ3v) is 2.18. The Labute approximate surface area is 83.1 Å². The van der Waals surface area contributed by atoms with E-state index < -0.39 is 0 Å². The zero-order valence-corrected chi connectivity index (χ0v) is 8.36. The van der Waals surface area contributed by atoms with Gasteiger partial charge in [0.05, 0.1) is 4.92 Å². The molecule has 1 N–H and O–H groups in total. The monoisotopic (exact) mass is 194 g/mol. The third kappa shape index (κ3) is 2.81. The summed E-state index contributed by atoms with van der Waals surface area (Å²) in [6.45, 7) is 2.07. The van der Waals surface area contributed by atoms with E-state index in [-0.39, 0.29) is 10.6 Å². The average Bonchev–Trinajstić information content (AvgIpc) is 2.18. The van der Waals surface area contributed by atoms with Crippen molar-refractivity contribution in [2.24, 2.45) is 0 Å². The second kappa shape index (κ2) is 4.72. The highest BCUT2D eigenvalue weighted by Crippen LogP contribution is 2.12. The summed E-state index contributed by atoms with van der Waals surface area (Å²) in [5, 5.41) is 13.5. The molecule has 4 heteroatoms. The van der Waals surface area contributed by atoms with Crippen LogP contribution < -0.4 is 5.32 Å². The summed E-state index contributed by atoms with van der Waals surface area (Å²) in [5.74, 6) is 0. The van der Waals surface area contributed by atoms with Gasteiger partial charge in [-0.1, -0.05) is 12.1 Å². The van der Waals surface area contributed by atoms with Gasteiger partial charge in [0.15, 0.2) is 0 Å². The van der Waals surface area contributed by atoms with E-state index in [9.17, 15) is 10.1 Å². The minimum atomic E-state index is -0.384. The van der Waals surface area contributed by atoms with E-state index >= 15 is 0 Å². The topological polar surface area (TPSA) is 55.2 Å². The summed E-state index contributed by atoms with van der Waals surface area (Å²) in [4.78, 5) is 10.0. The summed E-state index contributed by atoms with van der Waals surface area (Å²) >= 11 is 0. The SMILES string of the molecule is CN[C@H](C)Cc1ccc([N+](=O)[O-])cc1. The van der Waals surface area contributed by atoms with Gasteiger partial charge in [-0.15, -0.1) is 0 Å². The highest BCUT2D eigenvalue weighted by atomic mass is 16.6. The van der Waals surface area contributed by atoms with Crippen molar-refractivity contribution in [1.82, 2.24) is 5.32 Å². The van der Waals surface area contributed by atoms with Gasteiger partial charge in [0.1, 0.15) is 0 Å².